The molecule has 0 aromatic carbocycles. The quantitative estimate of drug-likeness (QED) is 0.123. The van der Waals surface area contributed by atoms with Gasteiger partial charge in [-0.25, -0.2) is 0 Å². The summed E-state index contributed by atoms with van der Waals surface area (Å²) in [6, 6.07) is 0. The average molecular weight is 927 g/mol. The van der Waals surface area contributed by atoms with E-state index in [0.29, 0.717) is 25.9 Å². The van der Waals surface area contributed by atoms with Gasteiger partial charge in [-0.3, -0.25) is 0 Å². The zero-order valence-electron chi connectivity index (χ0n) is 39.4. The van der Waals surface area contributed by atoms with E-state index in [-0.39, 0.29) is 45.8 Å². The lowest BCUT2D eigenvalue weighted by Gasteiger charge is -2.73. The van der Waals surface area contributed by atoms with Crippen LogP contribution in [0.3, 0.4) is 0 Å². The lowest BCUT2D eigenvalue weighted by atomic mass is 9.31. The Bertz CT molecular complexity index is 1790. The van der Waals surface area contributed by atoms with Gasteiger partial charge >= 0.3 is 0 Å². The Labute approximate surface area is 382 Å². The Balaban J connectivity index is 0.980. The molecule has 0 aromatic rings. The van der Waals surface area contributed by atoms with Gasteiger partial charge in [0.15, 0.2) is 18.9 Å². The van der Waals surface area contributed by atoms with E-state index in [1.807, 2.05) is 0 Å². The maximum Gasteiger partial charge on any atom is 0.187 e. The minimum atomic E-state index is -1.80. The van der Waals surface area contributed by atoms with Crippen molar-refractivity contribution < 1.29 is 84.2 Å². The zero-order chi connectivity index (χ0) is 47.3. The van der Waals surface area contributed by atoms with Crippen LogP contribution in [0.5, 0.6) is 0 Å². The van der Waals surface area contributed by atoms with Crippen LogP contribution in [0.4, 0.5) is 0 Å². The van der Waals surface area contributed by atoms with Crippen molar-refractivity contribution in [3.05, 3.63) is 12.2 Å². The van der Waals surface area contributed by atoms with Gasteiger partial charge < -0.3 is 84.2 Å². The summed E-state index contributed by atoms with van der Waals surface area (Å²) in [5.74, 6) is 0.613. The topological polar surface area (TPSA) is 267 Å². The molecule has 1 spiro atoms. The fraction of sp³-hybridized carbons (Fsp3) is 0.958. The molecule has 17 heteroatoms. The number of ether oxygens (including phenoxy) is 7. The summed E-state index contributed by atoms with van der Waals surface area (Å²) in [6.45, 7) is 18.8. The van der Waals surface area contributed by atoms with Crippen molar-refractivity contribution in [2.24, 2.45) is 56.7 Å². The average Bonchev–Trinajstić information content (AvgIpc) is 3.55. The molecule has 28 atom stereocenters. The van der Waals surface area contributed by atoms with Crippen molar-refractivity contribution >= 4 is 0 Å². The molecule has 65 heavy (non-hydrogen) atoms. The summed E-state index contributed by atoms with van der Waals surface area (Å²) in [5, 5.41) is 110. The standard InChI is InChI=1S/C48H78O17/c1-20-21(2)39-47(16-24(20)50)19-59-48(39)15-11-27-44(7)13-12-29(43(5,6)26(44)10-14-45(27,8)46(48,9)17-28(47)51)63-41-37(34(56)31(53)23(4)61-41)65-42-38(35(57)32(54)25(18-49)62-42)64-40-36(58)33(55)30(52)22(3)60-40/h11,15,20-42,49-58H,10,12-14,16-19H2,1-9H3/t20-,21-,22-,23+,24-,25+,26-,27+,28+,29-,30+,31-,32+,33-,34-,35-,36+,37+,38+,39+,40-,41-,42-,44-,45+,46-,47-,48+/m0/s1. The molecule has 17 nitrogen and oxygen atoms in total. The molecule has 0 radical (unpaired) electrons. The summed E-state index contributed by atoms with van der Waals surface area (Å²) < 4.78 is 44.2. The number of allylic oxidation sites excluding steroid dienone is 1. The van der Waals surface area contributed by atoms with Gasteiger partial charge in [0.2, 0.25) is 0 Å². The van der Waals surface area contributed by atoms with Crippen LogP contribution in [-0.2, 0) is 33.2 Å². The van der Waals surface area contributed by atoms with E-state index in [2.05, 4.69) is 60.6 Å². The smallest absolute Gasteiger partial charge is 0.187 e. The third kappa shape index (κ3) is 6.79. The number of hydrogen-bond acceptors (Lipinski definition) is 17. The van der Waals surface area contributed by atoms with E-state index >= 15 is 0 Å². The monoisotopic (exact) mass is 927 g/mol. The number of aliphatic hydroxyl groups excluding tert-OH is 10. The molecule has 0 amide bonds. The number of hydrogen-bond donors (Lipinski definition) is 10. The van der Waals surface area contributed by atoms with Crippen LogP contribution in [0, 0.1) is 56.7 Å². The van der Waals surface area contributed by atoms with Crippen LogP contribution in [-0.4, -0.2) is 180 Å². The van der Waals surface area contributed by atoms with Gasteiger partial charge in [0, 0.05) is 16.7 Å². The van der Waals surface area contributed by atoms with Crippen LogP contribution in [0.15, 0.2) is 12.2 Å². The molecule has 9 rings (SSSR count). The van der Waals surface area contributed by atoms with E-state index in [9.17, 15) is 51.1 Å². The molecular formula is C48H78O17. The second-order valence-corrected chi connectivity index (χ2v) is 23.5. The minimum absolute atomic E-state index is 0.0747. The highest BCUT2D eigenvalue weighted by atomic mass is 16.8. The van der Waals surface area contributed by atoms with Gasteiger partial charge in [0.1, 0.15) is 61.0 Å². The molecule has 9 aliphatic rings. The summed E-state index contributed by atoms with van der Waals surface area (Å²) in [6.07, 6.45) is -14.7. The van der Waals surface area contributed by atoms with Gasteiger partial charge in [-0.15, -0.1) is 0 Å². The molecule has 5 aliphatic carbocycles. The van der Waals surface area contributed by atoms with E-state index in [1.54, 1.807) is 6.92 Å². The van der Waals surface area contributed by atoms with Gasteiger partial charge in [0.25, 0.3) is 0 Å². The Morgan fingerprint density at radius 2 is 1.23 bits per heavy atom. The first-order chi connectivity index (χ1) is 30.3. The lowest BCUT2D eigenvalue weighted by molar-refractivity contribution is -0.396. The molecule has 372 valence electrons. The predicted octanol–water partition coefficient (Wildman–Crippen LogP) is 0.483. The third-order valence-electron chi connectivity index (χ3n) is 20.3. The fourth-order valence-electron chi connectivity index (χ4n) is 16.1. The first-order valence-electron chi connectivity index (χ1n) is 24.3. The number of fused-ring (bicyclic) bond motifs is 4. The molecule has 0 unspecified atom stereocenters. The van der Waals surface area contributed by atoms with Crippen molar-refractivity contribution in [3.8, 4) is 0 Å². The van der Waals surface area contributed by atoms with Gasteiger partial charge in [-0.05, 0) is 92.3 Å². The Morgan fingerprint density at radius 1 is 0.631 bits per heavy atom. The van der Waals surface area contributed by atoms with Gasteiger partial charge in [-0.2, -0.15) is 0 Å². The second-order valence-electron chi connectivity index (χ2n) is 23.5. The van der Waals surface area contributed by atoms with Crippen LogP contribution < -0.4 is 0 Å². The molecule has 8 fully saturated rings. The zero-order valence-corrected chi connectivity index (χ0v) is 39.4. The van der Waals surface area contributed by atoms with Crippen molar-refractivity contribution in [1.29, 1.82) is 0 Å². The Morgan fingerprint density at radius 3 is 1.89 bits per heavy atom. The van der Waals surface area contributed by atoms with E-state index in [0.717, 1.165) is 19.3 Å². The molecular weight excluding hydrogens is 849 g/mol. The molecule has 10 N–H and O–H groups in total. The van der Waals surface area contributed by atoms with Crippen molar-refractivity contribution in [3.63, 3.8) is 0 Å². The number of rotatable bonds is 7. The normalized spacial score (nSPS) is 60.6. The SMILES string of the molecule is C[C@H]1[C@H](C)[C@@H](O)C[C@]23CO[C@]4(C=C[C@@H]5[C@@]6(C)CC[C@H](O[C@@H]7O[C@H](C)[C@H](O)[C@H](O)[C@H]7O[C@@H]7O[C@H](CO)[C@@H](O)[C@H](O)[C@H]7O[C@@H]7O[C@@H](C)[C@@H](O)[C@H](O)[C@H]7O)C(C)(C)[C@@H]6CC[C@@]5(C)[C@]4(C)C[C@H]2O)[C@H]13. The maximum absolute atomic E-state index is 12.3. The number of aliphatic hydroxyl groups is 10. The maximum atomic E-state index is 12.3. The van der Waals surface area contributed by atoms with Gasteiger partial charge in [-0.1, -0.05) is 60.6 Å². The van der Waals surface area contributed by atoms with E-state index in [1.165, 1.54) is 6.92 Å². The highest BCUT2D eigenvalue weighted by Gasteiger charge is 2.80. The highest BCUT2D eigenvalue weighted by Crippen LogP contribution is 2.79. The van der Waals surface area contributed by atoms with E-state index < -0.39 is 133 Å². The molecule has 2 bridgehead atoms. The lowest BCUT2D eigenvalue weighted by Crippen LogP contribution is -2.73. The van der Waals surface area contributed by atoms with Crippen LogP contribution in [0.25, 0.3) is 0 Å². The fourth-order valence-corrected chi connectivity index (χ4v) is 16.1. The van der Waals surface area contributed by atoms with Crippen LogP contribution in [0.1, 0.15) is 101 Å². The summed E-state index contributed by atoms with van der Waals surface area (Å²) in [4.78, 5) is 0. The third-order valence-corrected chi connectivity index (χ3v) is 20.3. The van der Waals surface area contributed by atoms with Gasteiger partial charge in [0.05, 0.1) is 49.3 Å². The molecule has 4 saturated heterocycles. The largest absolute Gasteiger partial charge is 0.394 e. The summed E-state index contributed by atoms with van der Waals surface area (Å²) >= 11 is 0. The molecule has 0 aromatic heterocycles. The Hall–Kier alpha value is -0.940. The first-order valence-corrected chi connectivity index (χ1v) is 24.3. The van der Waals surface area contributed by atoms with Crippen molar-refractivity contribution in [2.45, 2.75) is 217 Å². The predicted molar refractivity (Wildman–Crippen MR) is 228 cm³/mol. The Kier molecular flexibility index (Phi) is 12.5. The van der Waals surface area contributed by atoms with Crippen molar-refractivity contribution in [1.82, 2.24) is 0 Å². The van der Waals surface area contributed by atoms with E-state index in [4.69, 9.17) is 33.2 Å². The minimum Gasteiger partial charge on any atom is -0.394 e. The highest BCUT2D eigenvalue weighted by molar-refractivity contribution is 5.36. The summed E-state index contributed by atoms with van der Waals surface area (Å²) in [5.41, 5.74) is -2.32. The molecule has 4 heterocycles. The van der Waals surface area contributed by atoms with Crippen molar-refractivity contribution in [2.75, 3.05) is 13.2 Å². The first kappa shape index (κ1) is 49.1. The molecule has 4 aliphatic heterocycles. The summed E-state index contributed by atoms with van der Waals surface area (Å²) in [7, 11) is 0. The van der Waals surface area contributed by atoms with Crippen LogP contribution >= 0.6 is 0 Å². The second kappa shape index (κ2) is 16.6. The molecule has 4 saturated carbocycles. The van der Waals surface area contributed by atoms with Crippen LogP contribution in [0.2, 0.25) is 0 Å².